The molecule has 0 saturated carbocycles. The van der Waals surface area contributed by atoms with Gasteiger partial charge in [0.05, 0.1) is 22.4 Å². The van der Waals surface area contributed by atoms with Gasteiger partial charge in [-0.3, -0.25) is 4.98 Å². The second-order valence-electron chi connectivity index (χ2n) is 17.4. The third-order valence-electron chi connectivity index (χ3n) is 12.3. The first kappa shape index (κ1) is 39.0. The number of furan rings is 1. The SMILES string of the molecule is CC(C)c1cc(-c2ccccc2)cc(C(C)C)c1-n1c(-c2[c-]ccc3c2oc2cc4c(cc23)C(C)(C)c2ccccc2O4)nc2ccccc21.[2H]C([2H])([2H])c1ccc(-c2[c-]cccc2)nc1.[Ir]. The van der Waals surface area contributed by atoms with Gasteiger partial charge in [0.1, 0.15) is 17.1 Å². The van der Waals surface area contributed by atoms with E-state index in [1.54, 1.807) is 18.2 Å². The van der Waals surface area contributed by atoms with Crippen molar-refractivity contribution in [3.63, 3.8) is 0 Å². The fraction of sp³-hybridized carbons (Fsp3) is 0.172. The largest absolute Gasteiger partial charge is 0.500 e. The van der Waals surface area contributed by atoms with Crippen LogP contribution in [0.3, 0.4) is 0 Å². The molecule has 10 aromatic rings. The Labute approximate surface area is 393 Å². The third-order valence-corrected chi connectivity index (χ3v) is 12.3. The van der Waals surface area contributed by atoms with Gasteiger partial charge < -0.3 is 18.7 Å². The number of fused-ring (bicyclic) bond motifs is 6. The molecule has 0 amide bonds. The van der Waals surface area contributed by atoms with Crippen LogP contribution in [-0.4, -0.2) is 14.5 Å². The maximum atomic E-state index is 7.23. The molecule has 0 spiro atoms. The summed E-state index contributed by atoms with van der Waals surface area (Å²) >= 11 is 0. The Kier molecular flexibility index (Phi) is 10.5. The number of aromatic nitrogens is 3. The molecule has 1 aliphatic heterocycles. The van der Waals surface area contributed by atoms with Gasteiger partial charge in [0, 0.05) is 64.1 Å². The predicted octanol–water partition coefficient (Wildman–Crippen LogP) is 15.6. The van der Waals surface area contributed by atoms with Crippen LogP contribution < -0.4 is 4.74 Å². The Morgan fingerprint density at radius 1 is 0.672 bits per heavy atom. The van der Waals surface area contributed by atoms with Crippen LogP contribution in [0.15, 0.2) is 162 Å². The van der Waals surface area contributed by atoms with E-state index in [1.807, 2.05) is 36.4 Å². The van der Waals surface area contributed by atoms with Crippen molar-refractivity contribution >= 4 is 33.0 Å². The summed E-state index contributed by atoms with van der Waals surface area (Å²) in [4.78, 5) is 9.46. The fourth-order valence-corrected chi connectivity index (χ4v) is 8.98. The number of aryl methyl sites for hydroxylation is 1. The van der Waals surface area contributed by atoms with Crippen molar-refractivity contribution in [2.75, 3.05) is 0 Å². The Hall–Kier alpha value is -6.59. The van der Waals surface area contributed by atoms with Crippen molar-refractivity contribution in [2.45, 2.75) is 65.6 Å². The van der Waals surface area contributed by atoms with Crippen LogP contribution in [-0.2, 0) is 25.5 Å². The molecule has 7 aromatic carbocycles. The third kappa shape index (κ3) is 7.55. The van der Waals surface area contributed by atoms with Crippen LogP contribution in [0.1, 0.15) is 85.3 Å². The van der Waals surface area contributed by atoms with Gasteiger partial charge in [-0.15, -0.1) is 54.1 Å². The molecular formula is C58H49IrN3O2-2. The molecule has 319 valence electrons. The predicted molar refractivity (Wildman–Crippen MR) is 258 cm³/mol. The Morgan fingerprint density at radius 2 is 1.41 bits per heavy atom. The van der Waals surface area contributed by atoms with Crippen molar-refractivity contribution in [1.29, 1.82) is 0 Å². The molecule has 3 aromatic heterocycles. The minimum absolute atomic E-state index is 0. The molecule has 11 rings (SSSR count). The van der Waals surface area contributed by atoms with Crippen molar-refractivity contribution in [2.24, 2.45) is 0 Å². The molecule has 1 aliphatic rings. The van der Waals surface area contributed by atoms with Crippen molar-refractivity contribution < 1.29 is 33.4 Å². The van der Waals surface area contributed by atoms with E-state index in [0.717, 1.165) is 72.7 Å². The number of nitrogens with zero attached hydrogens (tertiary/aromatic N) is 3. The number of imidazole rings is 1. The van der Waals surface area contributed by atoms with E-state index in [1.165, 1.54) is 39.7 Å². The van der Waals surface area contributed by atoms with E-state index in [-0.39, 0.29) is 42.9 Å². The normalized spacial score (nSPS) is 13.6. The van der Waals surface area contributed by atoms with E-state index < -0.39 is 6.85 Å². The minimum atomic E-state index is -2.09. The first-order valence-electron chi connectivity index (χ1n) is 23.1. The number of rotatable bonds is 6. The van der Waals surface area contributed by atoms with E-state index in [9.17, 15) is 0 Å². The molecule has 0 saturated heterocycles. The van der Waals surface area contributed by atoms with Crippen LogP contribution in [0.5, 0.6) is 11.5 Å². The molecule has 0 atom stereocenters. The van der Waals surface area contributed by atoms with Crippen LogP contribution in [0.25, 0.3) is 72.4 Å². The van der Waals surface area contributed by atoms with Gasteiger partial charge in [-0.25, -0.2) is 0 Å². The summed E-state index contributed by atoms with van der Waals surface area (Å²) in [5, 5.41) is 2.10. The molecular weight excluding hydrogens is 963 g/mol. The number of ether oxygens (including phenoxy) is 1. The van der Waals surface area contributed by atoms with Gasteiger partial charge in [0.2, 0.25) is 0 Å². The number of benzene rings is 7. The molecule has 6 heteroatoms. The molecule has 64 heavy (non-hydrogen) atoms. The average molecular weight is 1020 g/mol. The summed E-state index contributed by atoms with van der Waals surface area (Å²) < 4.78 is 37.4. The zero-order valence-corrected chi connectivity index (χ0v) is 39.1. The molecule has 0 fully saturated rings. The number of hydrogen-bond donors (Lipinski definition) is 0. The molecule has 0 N–H and O–H groups in total. The maximum Gasteiger partial charge on any atom is 0.135 e. The molecule has 0 unspecified atom stereocenters. The van der Waals surface area contributed by atoms with Crippen LogP contribution in [0.2, 0.25) is 0 Å². The zero-order valence-electron chi connectivity index (χ0n) is 39.7. The standard InChI is InChI=1S/C46H39N2O2.C12H10N.Ir/c1-27(2)33-23-30(29-15-8-7-9-16-29)24-34(28(3)4)43(33)48-39-21-12-11-20-38(39)47-45(48)32-18-14-17-31-35-25-37-42(26-41(35)50-44(31)32)49-40-22-13-10-19-36(40)46(37,5)6;1-10-7-8-12(13-9-10)11-5-3-2-4-6-11;/h7-17,19-28H,1-6H3;2-5,7-9H,1H3;/q2*-1;/i;1D3;. The second-order valence-corrected chi connectivity index (χ2v) is 17.4. The summed E-state index contributed by atoms with van der Waals surface area (Å²) in [6.07, 6.45) is 1.39. The van der Waals surface area contributed by atoms with Crippen molar-refractivity contribution in [3.05, 3.63) is 198 Å². The monoisotopic (exact) mass is 1020 g/mol. The van der Waals surface area contributed by atoms with Crippen LogP contribution in [0, 0.1) is 19.0 Å². The number of pyridine rings is 1. The van der Waals surface area contributed by atoms with Gasteiger partial charge in [-0.1, -0.05) is 125 Å². The Morgan fingerprint density at radius 3 is 2.12 bits per heavy atom. The fourth-order valence-electron chi connectivity index (χ4n) is 8.98. The Bertz CT molecular complexity index is 3380. The van der Waals surface area contributed by atoms with Gasteiger partial charge in [0.15, 0.2) is 0 Å². The molecule has 1 radical (unpaired) electrons. The first-order chi connectivity index (χ1) is 31.8. The van der Waals surface area contributed by atoms with Crippen LogP contribution >= 0.6 is 0 Å². The summed E-state index contributed by atoms with van der Waals surface area (Å²) in [6, 6.07) is 58.0. The number of para-hydroxylation sites is 3. The van der Waals surface area contributed by atoms with Crippen molar-refractivity contribution in [1.82, 2.24) is 14.5 Å². The first-order valence-corrected chi connectivity index (χ1v) is 21.6. The van der Waals surface area contributed by atoms with Gasteiger partial charge in [-0.05, 0) is 88.6 Å². The van der Waals surface area contributed by atoms with E-state index in [0.29, 0.717) is 0 Å². The quantitative estimate of drug-likeness (QED) is 0.156. The topological polar surface area (TPSA) is 53.1 Å². The Balaban J connectivity index is 0.000000281. The minimum Gasteiger partial charge on any atom is -0.500 e. The smallest absolute Gasteiger partial charge is 0.135 e. The zero-order chi connectivity index (χ0) is 45.9. The van der Waals surface area contributed by atoms with E-state index >= 15 is 0 Å². The molecule has 0 aliphatic carbocycles. The van der Waals surface area contributed by atoms with Gasteiger partial charge in [0.25, 0.3) is 0 Å². The average Bonchev–Trinajstić information content (AvgIpc) is 3.89. The summed E-state index contributed by atoms with van der Waals surface area (Å²) in [5.41, 5.74) is 14.5. The molecule has 4 heterocycles. The van der Waals surface area contributed by atoms with Crippen molar-refractivity contribution in [3.8, 4) is 51.0 Å². The number of hydrogen-bond acceptors (Lipinski definition) is 4. The molecule has 0 bridgehead atoms. The maximum absolute atomic E-state index is 7.23. The van der Waals surface area contributed by atoms with Gasteiger partial charge in [-0.2, -0.15) is 0 Å². The molecule has 5 nitrogen and oxygen atoms in total. The van der Waals surface area contributed by atoms with E-state index in [2.05, 4.69) is 160 Å². The van der Waals surface area contributed by atoms with Crippen LogP contribution in [0.4, 0.5) is 0 Å². The second kappa shape index (κ2) is 17.2. The summed E-state index contributed by atoms with van der Waals surface area (Å²) in [7, 11) is 0. The summed E-state index contributed by atoms with van der Waals surface area (Å²) in [5.74, 6) is 3.08. The van der Waals surface area contributed by atoms with Gasteiger partial charge >= 0.3 is 0 Å². The van der Waals surface area contributed by atoms with E-state index in [4.69, 9.17) is 18.3 Å². The summed E-state index contributed by atoms with van der Waals surface area (Å²) in [6.45, 7) is 11.6.